The minimum absolute atomic E-state index is 0.769. The van der Waals surface area contributed by atoms with Gasteiger partial charge in [0, 0.05) is 11.0 Å². The number of nitrogens with one attached hydrogen (secondary N) is 1. The maximum Gasteiger partial charge on any atom is 0.0648 e. The average molecular weight is 318 g/mol. The first-order chi connectivity index (χ1) is 8.15. The molecule has 1 heterocycles. The van der Waals surface area contributed by atoms with Crippen molar-refractivity contribution in [3.05, 3.63) is 27.7 Å². The van der Waals surface area contributed by atoms with Gasteiger partial charge in [-0.05, 0) is 57.1 Å². The van der Waals surface area contributed by atoms with Crippen LogP contribution in [0.2, 0.25) is 5.02 Å². The lowest BCUT2D eigenvalue weighted by molar-refractivity contribution is 0.226. The van der Waals surface area contributed by atoms with Crippen molar-refractivity contribution in [3.63, 3.8) is 0 Å². The normalized spacial score (nSPS) is 18.3. The van der Waals surface area contributed by atoms with E-state index in [2.05, 4.69) is 33.2 Å². The number of benzene rings is 1. The standard InChI is InChI=1S/C13H18BrClN2/c1-17-6-4-10(5-7-17)9-16-13-3-2-11(14)8-12(13)15/h2-3,8,10,16H,4-7,9H2,1H3. The molecule has 4 heteroatoms. The van der Waals surface area contributed by atoms with Gasteiger partial charge >= 0.3 is 0 Å². The van der Waals surface area contributed by atoms with Gasteiger partial charge < -0.3 is 10.2 Å². The Balaban J connectivity index is 1.85. The van der Waals surface area contributed by atoms with E-state index in [9.17, 15) is 0 Å². The van der Waals surface area contributed by atoms with Crippen molar-refractivity contribution in [2.75, 3.05) is 32.0 Å². The average Bonchev–Trinajstić information content (AvgIpc) is 2.30. The Kier molecular flexibility index (Phi) is 4.71. The fraction of sp³-hybridized carbons (Fsp3) is 0.538. The number of rotatable bonds is 3. The molecule has 17 heavy (non-hydrogen) atoms. The van der Waals surface area contributed by atoms with Crippen LogP contribution in [0.5, 0.6) is 0 Å². The van der Waals surface area contributed by atoms with Crippen molar-refractivity contribution in [2.45, 2.75) is 12.8 Å². The number of hydrogen-bond donors (Lipinski definition) is 1. The van der Waals surface area contributed by atoms with Gasteiger partial charge in [-0.25, -0.2) is 0 Å². The van der Waals surface area contributed by atoms with Crippen LogP contribution in [0.25, 0.3) is 0 Å². The topological polar surface area (TPSA) is 15.3 Å². The Morgan fingerprint density at radius 3 is 2.76 bits per heavy atom. The van der Waals surface area contributed by atoms with Crippen molar-refractivity contribution >= 4 is 33.2 Å². The van der Waals surface area contributed by atoms with Crippen LogP contribution < -0.4 is 5.32 Å². The Bertz CT molecular complexity index is 376. The highest BCUT2D eigenvalue weighted by molar-refractivity contribution is 9.10. The molecule has 1 aliphatic rings. The predicted molar refractivity (Wildman–Crippen MR) is 77.9 cm³/mol. The van der Waals surface area contributed by atoms with Crippen LogP contribution in [0.15, 0.2) is 22.7 Å². The van der Waals surface area contributed by atoms with Gasteiger partial charge in [-0.3, -0.25) is 0 Å². The van der Waals surface area contributed by atoms with E-state index in [0.29, 0.717) is 0 Å². The Labute approximate surface area is 116 Å². The van der Waals surface area contributed by atoms with E-state index in [4.69, 9.17) is 11.6 Å². The van der Waals surface area contributed by atoms with Crippen LogP contribution in [0.4, 0.5) is 5.69 Å². The summed E-state index contributed by atoms with van der Waals surface area (Å²) in [6, 6.07) is 5.97. The van der Waals surface area contributed by atoms with E-state index in [0.717, 1.165) is 27.6 Å². The molecule has 1 aromatic rings. The van der Waals surface area contributed by atoms with Gasteiger partial charge in [0.1, 0.15) is 0 Å². The van der Waals surface area contributed by atoms with Crippen molar-refractivity contribution < 1.29 is 0 Å². The number of anilines is 1. The van der Waals surface area contributed by atoms with E-state index < -0.39 is 0 Å². The maximum atomic E-state index is 6.17. The molecule has 2 nitrogen and oxygen atoms in total. The first kappa shape index (κ1) is 13.2. The second-order valence-electron chi connectivity index (χ2n) is 4.75. The smallest absolute Gasteiger partial charge is 0.0648 e. The fourth-order valence-corrected chi connectivity index (χ4v) is 2.89. The van der Waals surface area contributed by atoms with Crippen LogP contribution in [0.3, 0.4) is 0 Å². The molecule has 0 amide bonds. The number of hydrogen-bond acceptors (Lipinski definition) is 2. The van der Waals surface area contributed by atoms with Gasteiger partial charge in [-0.15, -0.1) is 0 Å². The summed E-state index contributed by atoms with van der Waals surface area (Å²) >= 11 is 9.58. The van der Waals surface area contributed by atoms with E-state index in [1.54, 1.807) is 0 Å². The largest absolute Gasteiger partial charge is 0.384 e. The summed E-state index contributed by atoms with van der Waals surface area (Å²) in [6.45, 7) is 3.44. The maximum absolute atomic E-state index is 6.17. The van der Waals surface area contributed by atoms with E-state index >= 15 is 0 Å². The van der Waals surface area contributed by atoms with Crippen molar-refractivity contribution in [1.29, 1.82) is 0 Å². The third-order valence-electron chi connectivity index (χ3n) is 3.35. The number of likely N-dealkylation sites (tertiary alicyclic amines) is 1. The molecule has 0 unspecified atom stereocenters. The molecule has 0 radical (unpaired) electrons. The monoisotopic (exact) mass is 316 g/mol. The molecule has 0 bridgehead atoms. The summed E-state index contributed by atoms with van der Waals surface area (Å²) in [6.07, 6.45) is 2.55. The Morgan fingerprint density at radius 2 is 2.12 bits per heavy atom. The van der Waals surface area contributed by atoms with Crippen LogP contribution in [0.1, 0.15) is 12.8 Å². The molecule has 1 N–H and O–H groups in total. The molecule has 1 saturated heterocycles. The number of nitrogens with zero attached hydrogens (tertiary/aromatic N) is 1. The third-order valence-corrected chi connectivity index (χ3v) is 4.16. The SMILES string of the molecule is CN1CCC(CNc2ccc(Br)cc2Cl)CC1. The molecule has 0 atom stereocenters. The highest BCUT2D eigenvalue weighted by Gasteiger charge is 2.16. The van der Waals surface area contributed by atoms with Crippen molar-refractivity contribution in [1.82, 2.24) is 4.90 Å². The highest BCUT2D eigenvalue weighted by Crippen LogP contribution is 2.26. The number of halogens is 2. The van der Waals surface area contributed by atoms with Crippen molar-refractivity contribution in [2.24, 2.45) is 5.92 Å². The Hall–Kier alpha value is -0.250. The summed E-state index contributed by atoms with van der Waals surface area (Å²) < 4.78 is 1.02. The van der Waals surface area contributed by atoms with Crippen molar-refractivity contribution in [3.8, 4) is 0 Å². The third kappa shape index (κ3) is 3.87. The van der Waals surface area contributed by atoms with E-state index in [-0.39, 0.29) is 0 Å². The van der Waals surface area contributed by atoms with Gasteiger partial charge in [0.25, 0.3) is 0 Å². The molecular formula is C13H18BrClN2. The van der Waals surface area contributed by atoms with Crippen LogP contribution >= 0.6 is 27.5 Å². The first-order valence-electron chi connectivity index (χ1n) is 6.02. The Morgan fingerprint density at radius 1 is 1.41 bits per heavy atom. The molecule has 0 spiro atoms. The summed E-state index contributed by atoms with van der Waals surface area (Å²) in [4.78, 5) is 2.39. The number of piperidine rings is 1. The minimum atomic E-state index is 0.769. The molecule has 0 aromatic heterocycles. The predicted octanol–water partition coefficient (Wildman–Crippen LogP) is 3.86. The van der Waals surface area contributed by atoms with Gasteiger partial charge in [-0.1, -0.05) is 27.5 Å². The zero-order valence-corrected chi connectivity index (χ0v) is 12.4. The van der Waals surface area contributed by atoms with Gasteiger partial charge in [0.05, 0.1) is 10.7 Å². The second kappa shape index (κ2) is 6.07. The molecule has 0 saturated carbocycles. The molecule has 2 rings (SSSR count). The van der Waals surface area contributed by atoms with Gasteiger partial charge in [0.15, 0.2) is 0 Å². The summed E-state index contributed by atoms with van der Waals surface area (Å²) in [5.41, 5.74) is 1.04. The first-order valence-corrected chi connectivity index (χ1v) is 7.19. The summed E-state index contributed by atoms with van der Waals surface area (Å²) in [5.74, 6) is 0.769. The zero-order valence-electron chi connectivity index (χ0n) is 10.0. The van der Waals surface area contributed by atoms with Crippen LogP contribution in [-0.2, 0) is 0 Å². The fourth-order valence-electron chi connectivity index (χ4n) is 2.15. The van der Waals surface area contributed by atoms with Gasteiger partial charge in [-0.2, -0.15) is 0 Å². The second-order valence-corrected chi connectivity index (χ2v) is 6.07. The minimum Gasteiger partial charge on any atom is -0.384 e. The molecule has 1 aromatic carbocycles. The van der Waals surface area contributed by atoms with Crippen LogP contribution in [0, 0.1) is 5.92 Å². The molecule has 1 fully saturated rings. The lowest BCUT2D eigenvalue weighted by Gasteiger charge is -2.29. The lowest BCUT2D eigenvalue weighted by Crippen LogP contribution is -2.32. The quantitative estimate of drug-likeness (QED) is 0.911. The molecule has 94 valence electrons. The molecule has 0 aliphatic carbocycles. The highest BCUT2D eigenvalue weighted by atomic mass is 79.9. The lowest BCUT2D eigenvalue weighted by atomic mass is 9.97. The van der Waals surface area contributed by atoms with E-state index in [1.165, 1.54) is 25.9 Å². The van der Waals surface area contributed by atoms with Crippen LogP contribution in [-0.4, -0.2) is 31.6 Å². The van der Waals surface area contributed by atoms with E-state index in [1.807, 2.05) is 18.2 Å². The summed E-state index contributed by atoms with van der Waals surface area (Å²) in [7, 11) is 2.19. The summed E-state index contributed by atoms with van der Waals surface area (Å²) in [5, 5.41) is 4.24. The molecular weight excluding hydrogens is 300 g/mol. The van der Waals surface area contributed by atoms with Gasteiger partial charge in [0.2, 0.25) is 0 Å². The molecule has 1 aliphatic heterocycles. The zero-order chi connectivity index (χ0) is 12.3.